The molecular weight excluding hydrogens is 360 g/mol. The topological polar surface area (TPSA) is 49.4 Å². The van der Waals surface area contributed by atoms with E-state index < -0.39 is 5.97 Å². The highest BCUT2D eigenvalue weighted by molar-refractivity contribution is 5.86. The zero-order chi connectivity index (χ0) is 21.2. The van der Waals surface area contributed by atoms with Gasteiger partial charge in [0.2, 0.25) is 0 Å². The summed E-state index contributed by atoms with van der Waals surface area (Å²) >= 11 is 0. The molecule has 154 valence electrons. The molecule has 0 amide bonds. The van der Waals surface area contributed by atoms with Crippen molar-refractivity contribution in [2.24, 2.45) is 0 Å². The highest BCUT2D eigenvalue weighted by Gasteiger charge is 2.37. The van der Waals surface area contributed by atoms with Gasteiger partial charge in [0.1, 0.15) is 5.75 Å². The quantitative estimate of drug-likeness (QED) is 0.623. The molecule has 3 rings (SSSR count). The van der Waals surface area contributed by atoms with Gasteiger partial charge in [0.05, 0.1) is 12.6 Å². The summed E-state index contributed by atoms with van der Waals surface area (Å²) in [6, 6.07) is 11.3. The third-order valence-corrected chi connectivity index (χ3v) is 6.05. The predicted octanol–water partition coefficient (Wildman–Crippen LogP) is 5.36. The van der Waals surface area contributed by atoms with Gasteiger partial charge in [-0.1, -0.05) is 71.0 Å². The minimum Gasteiger partial charge on any atom is -0.545 e. The molecular formula is C26H31O3-. The van der Waals surface area contributed by atoms with Crippen LogP contribution in [0.5, 0.6) is 5.75 Å². The van der Waals surface area contributed by atoms with Gasteiger partial charge in [-0.3, -0.25) is 0 Å². The number of carbonyl (C=O) groups excluding carboxylic acids is 1. The van der Waals surface area contributed by atoms with Crippen molar-refractivity contribution < 1.29 is 14.6 Å². The van der Waals surface area contributed by atoms with E-state index in [9.17, 15) is 9.90 Å². The molecule has 0 saturated carbocycles. The Bertz CT molecular complexity index is 918. The molecule has 0 atom stereocenters. The second-order valence-electron chi connectivity index (χ2n) is 9.29. The lowest BCUT2D eigenvalue weighted by Crippen LogP contribution is -2.34. The van der Waals surface area contributed by atoms with Gasteiger partial charge in [-0.2, -0.15) is 0 Å². The summed E-state index contributed by atoms with van der Waals surface area (Å²) in [6.45, 7) is 12.1. The van der Waals surface area contributed by atoms with Crippen LogP contribution in [0.25, 0.3) is 12.2 Å². The molecule has 1 aliphatic rings. The van der Waals surface area contributed by atoms with Gasteiger partial charge in [-0.05, 0) is 64.5 Å². The van der Waals surface area contributed by atoms with E-state index in [1.165, 1.54) is 17.5 Å². The van der Waals surface area contributed by atoms with E-state index in [-0.39, 0.29) is 16.4 Å². The Morgan fingerprint density at radius 2 is 1.59 bits per heavy atom. The van der Waals surface area contributed by atoms with Gasteiger partial charge in [0, 0.05) is 5.56 Å². The van der Waals surface area contributed by atoms with E-state index in [1.54, 1.807) is 24.3 Å². The van der Waals surface area contributed by atoms with Crippen LogP contribution in [-0.4, -0.2) is 12.6 Å². The zero-order valence-corrected chi connectivity index (χ0v) is 18.2. The maximum Gasteiger partial charge on any atom is 0.126 e. The molecule has 0 aromatic heterocycles. The van der Waals surface area contributed by atoms with E-state index in [0.29, 0.717) is 6.61 Å². The predicted molar refractivity (Wildman–Crippen MR) is 117 cm³/mol. The number of ether oxygens (including phenoxy) is 1. The highest BCUT2D eigenvalue weighted by Crippen LogP contribution is 2.47. The lowest BCUT2D eigenvalue weighted by molar-refractivity contribution is -0.255. The average molecular weight is 392 g/mol. The highest BCUT2D eigenvalue weighted by atomic mass is 16.5. The Morgan fingerprint density at radius 3 is 2.14 bits per heavy atom. The van der Waals surface area contributed by atoms with Crippen molar-refractivity contribution in [1.82, 2.24) is 0 Å². The Morgan fingerprint density at radius 1 is 1.00 bits per heavy atom. The number of fused-ring (bicyclic) bond motifs is 1. The van der Waals surface area contributed by atoms with Crippen molar-refractivity contribution in [1.29, 1.82) is 0 Å². The fraction of sp³-hybridized carbons (Fsp3) is 0.423. The minimum atomic E-state index is -1.16. The Labute approximate surface area is 174 Å². The largest absolute Gasteiger partial charge is 0.545 e. The summed E-state index contributed by atoms with van der Waals surface area (Å²) in [7, 11) is 0. The number of benzene rings is 2. The van der Waals surface area contributed by atoms with E-state index in [1.807, 2.05) is 6.08 Å². The Kier molecular flexibility index (Phi) is 5.88. The van der Waals surface area contributed by atoms with Crippen LogP contribution in [0.4, 0.5) is 0 Å². The maximum atomic E-state index is 10.9. The van der Waals surface area contributed by atoms with Gasteiger partial charge < -0.3 is 14.6 Å². The fourth-order valence-electron chi connectivity index (χ4n) is 3.99. The van der Waals surface area contributed by atoms with Gasteiger partial charge in [0.25, 0.3) is 0 Å². The Hall–Kier alpha value is -2.55. The van der Waals surface area contributed by atoms with Crippen molar-refractivity contribution in [2.45, 2.75) is 64.7 Å². The summed E-state index contributed by atoms with van der Waals surface area (Å²) < 4.78 is 6.12. The van der Waals surface area contributed by atoms with Crippen LogP contribution in [0, 0.1) is 0 Å². The number of hydrogen-bond acceptors (Lipinski definition) is 3. The maximum absolute atomic E-state index is 10.9. The van der Waals surface area contributed by atoms with E-state index >= 15 is 0 Å². The number of aromatic carboxylic acids is 1. The first kappa shape index (κ1) is 21.2. The van der Waals surface area contributed by atoms with Gasteiger partial charge in [-0.15, -0.1) is 0 Å². The molecule has 0 saturated heterocycles. The number of rotatable bonds is 6. The average Bonchev–Trinajstić information content (AvgIpc) is 2.68. The molecule has 0 N–H and O–H groups in total. The first-order chi connectivity index (χ1) is 13.6. The molecule has 29 heavy (non-hydrogen) atoms. The van der Waals surface area contributed by atoms with Crippen molar-refractivity contribution in [3.63, 3.8) is 0 Å². The number of carbonyl (C=O) groups is 1. The van der Waals surface area contributed by atoms with Crippen molar-refractivity contribution >= 4 is 18.1 Å². The van der Waals surface area contributed by atoms with Crippen LogP contribution in [-0.2, 0) is 10.8 Å². The lowest BCUT2D eigenvalue weighted by Gasteiger charge is -2.42. The first-order valence-electron chi connectivity index (χ1n) is 10.5. The second kappa shape index (κ2) is 8.06. The molecule has 3 heteroatoms. The third kappa shape index (κ3) is 4.55. The summed E-state index contributed by atoms with van der Waals surface area (Å²) in [5.74, 6) is -0.241. The SMILES string of the molecule is CCCOc1cc2c(cc1/C=C/c1ccc(C(=O)[O-])cc1)C(C)(C)CCC2(C)C. The van der Waals surface area contributed by atoms with Crippen LogP contribution >= 0.6 is 0 Å². The molecule has 0 aliphatic heterocycles. The van der Waals surface area contributed by atoms with Crippen molar-refractivity contribution in [2.75, 3.05) is 6.61 Å². The molecule has 0 radical (unpaired) electrons. The number of carboxylic acids is 1. The van der Waals surface area contributed by atoms with Gasteiger partial charge >= 0.3 is 0 Å². The minimum absolute atomic E-state index is 0.132. The summed E-state index contributed by atoms with van der Waals surface area (Å²) in [5, 5.41) is 10.9. The molecule has 0 fully saturated rings. The summed E-state index contributed by atoms with van der Waals surface area (Å²) in [5.41, 5.74) is 5.23. The van der Waals surface area contributed by atoms with E-state index in [0.717, 1.165) is 29.7 Å². The molecule has 0 spiro atoms. The molecule has 2 aromatic rings. The zero-order valence-electron chi connectivity index (χ0n) is 18.2. The van der Waals surface area contributed by atoms with Crippen LogP contribution < -0.4 is 9.84 Å². The molecule has 1 aliphatic carbocycles. The molecule has 2 aromatic carbocycles. The van der Waals surface area contributed by atoms with Crippen LogP contribution in [0.2, 0.25) is 0 Å². The summed E-state index contributed by atoms with van der Waals surface area (Å²) in [4.78, 5) is 10.9. The monoisotopic (exact) mass is 391 g/mol. The van der Waals surface area contributed by atoms with Gasteiger partial charge in [0.15, 0.2) is 0 Å². The molecule has 0 bridgehead atoms. The Balaban J connectivity index is 2.03. The van der Waals surface area contributed by atoms with Crippen LogP contribution in [0.1, 0.15) is 86.5 Å². The molecule has 0 heterocycles. The summed E-state index contributed by atoms with van der Waals surface area (Å²) in [6.07, 6.45) is 7.35. The molecule has 0 unspecified atom stereocenters. The smallest absolute Gasteiger partial charge is 0.126 e. The number of hydrogen-bond donors (Lipinski definition) is 0. The van der Waals surface area contributed by atoms with E-state index in [4.69, 9.17) is 4.74 Å². The van der Waals surface area contributed by atoms with Crippen molar-refractivity contribution in [3.05, 3.63) is 64.2 Å². The number of carboxylic acid groups (broad SMARTS) is 1. The third-order valence-electron chi connectivity index (χ3n) is 6.05. The van der Waals surface area contributed by atoms with E-state index in [2.05, 4.69) is 52.8 Å². The van der Waals surface area contributed by atoms with Gasteiger partial charge in [-0.25, -0.2) is 0 Å². The van der Waals surface area contributed by atoms with Crippen molar-refractivity contribution in [3.8, 4) is 5.75 Å². The first-order valence-corrected chi connectivity index (χ1v) is 10.5. The normalized spacial score (nSPS) is 17.1. The van der Waals surface area contributed by atoms with Crippen LogP contribution in [0.15, 0.2) is 36.4 Å². The lowest BCUT2D eigenvalue weighted by atomic mass is 9.63. The second-order valence-corrected chi connectivity index (χ2v) is 9.29. The standard InChI is InChI=1S/C26H32O3/c1-6-15-29-23-17-22-21(25(2,3)13-14-26(22,4)5)16-20(23)12-9-18-7-10-19(11-8-18)24(27)28/h7-12,16-17H,6,13-15H2,1-5H3,(H,27,28)/p-1/b12-9+. The van der Waals surface area contributed by atoms with Crippen LogP contribution in [0.3, 0.4) is 0 Å². The fourth-order valence-corrected chi connectivity index (χ4v) is 3.99. The molecule has 3 nitrogen and oxygen atoms in total.